The summed E-state index contributed by atoms with van der Waals surface area (Å²) in [4.78, 5) is 15.9. The van der Waals surface area contributed by atoms with E-state index in [0.29, 0.717) is 6.42 Å². The Hall–Kier alpha value is -3.14. The molecular weight excluding hydrogens is 310 g/mol. The normalized spacial score (nSPS) is 12.6. The molecule has 0 unspecified atom stereocenters. The molecule has 2 heterocycles. The zero-order chi connectivity index (χ0) is 17.2. The highest BCUT2D eigenvalue weighted by molar-refractivity contribution is 5.99. The predicted octanol–water partition coefficient (Wildman–Crippen LogP) is 4.16. The van der Waals surface area contributed by atoms with Gasteiger partial charge in [-0.1, -0.05) is 35.9 Å². The number of nitrogens with one attached hydrogen (secondary N) is 2. The quantitative estimate of drug-likeness (QED) is 0.755. The van der Waals surface area contributed by atoms with Crippen molar-refractivity contribution in [3.8, 4) is 11.1 Å². The molecule has 4 rings (SSSR count). The Kier molecular flexibility index (Phi) is 3.94. The second-order valence-electron chi connectivity index (χ2n) is 6.40. The van der Waals surface area contributed by atoms with Crippen molar-refractivity contribution in [1.29, 1.82) is 0 Å². The molecule has 0 aliphatic carbocycles. The maximum absolute atomic E-state index is 11.5. The molecular formula is C21H19N3O. The molecule has 1 aromatic heterocycles. The van der Waals surface area contributed by atoms with Crippen molar-refractivity contribution < 1.29 is 4.79 Å². The van der Waals surface area contributed by atoms with Crippen LogP contribution in [0.25, 0.3) is 11.1 Å². The van der Waals surface area contributed by atoms with Crippen LogP contribution < -0.4 is 10.6 Å². The highest BCUT2D eigenvalue weighted by atomic mass is 16.1. The minimum atomic E-state index is 0.0544. The Morgan fingerprint density at radius 1 is 1.04 bits per heavy atom. The summed E-state index contributed by atoms with van der Waals surface area (Å²) >= 11 is 0. The van der Waals surface area contributed by atoms with E-state index in [4.69, 9.17) is 0 Å². The van der Waals surface area contributed by atoms with E-state index in [-0.39, 0.29) is 5.91 Å². The van der Waals surface area contributed by atoms with Crippen LogP contribution in [0.2, 0.25) is 0 Å². The van der Waals surface area contributed by atoms with Crippen LogP contribution in [0.1, 0.15) is 16.7 Å². The Morgan fingerprint density at radius 3 is 2.72 bits per heavy atom. The number of carbonyl (C=O) groups excluding carboxylic acids is 1. The van der Waals surface area contributed by atoms with E-state index in [0.717, 1.165) is 34.6 Å². The van der Waals surface area contributed by atoms with Gasteiger partial charge in [0.1, 0.15) is 0 Å². The lowest BCUT2D eigenvalue weighted by molar-refractivity contribution is -0.115. The second kappa shape index (κ2) is 6.40. The number of hydrogen-bond acceptors (Lipinski definition) is 3. The summed E-state index contributed by atoms with van der Waals surface area (Å²) in [6.45, 7) is 2.85. The molecule has 2 aromatic carbocycles. The van der Waals surface area contributed by atoms with E-state index in [1.165, 1.54) is 11.1 Å². The third-order valence-electron chi connectivity index (χ3n) is 4.42. The standard InChI is InChI=1S/C21H19N3O/c1-14-2-4-15(5-3-14)11-23-19-9-18(12-22-13-19)16-6-7-20-17(8-16)10-21(25)24-20/h2-9,12-13,23H,10-11H2,1H3,(H,24,25). The highest BCUT2D eigenvalue weighted by Crippen LogP contribution is 2.29. The van der Waals surface area contributed by atoms with Crippen molar-refractivity contribution in [2.24, 2.45) is 0 Å². The Balaban J connectivity index is 1.52. The fourth-order valence-electron chi connectivity index (χ4n) is 3.01. The van der Waals surface area contributed by atoms with Gasteiger partial charge in [0, 0.05) is 30.2 Å². The lowest BCUT2D eigenvalue weighted by Gasteiger charge is -2.09. The summed E-state index contributed by atoms with van der Waals surface area (Å²) in [5.41, 5.74) is 7.54. The number of fused-ring (bicyclic) bond motifs is 1. The topological polar surface area (TPSA) is 54.0 Å². The average Bonchev–Trinajstić information content (AvgIpc) is 3.00. The van der Waals surface area contributed by atoms with Gasteiger partial charge in [0.15, 0.2) is 0 Å². The first-order valence-electron chi connectivity index (χ1n) is 8.35. The van der Waals surface area contributed by atoms with Crippen LogP contribution in [-0.4, -0.2) is 10.9 Å². The third-order valence-corrected chi connectivity index (χ3v) is 4.42. The average molecular weight is 329 g/mol. The van der Waals surface area contributed by atoms with E-state index in [1.54, 1.807) is 0 Å². The fourth-order valence-corrected chi connectivity index (χ4v) is 3.01. The maximum Gasteiger partial charge on any atom is 0.228 e. The number of pyridine rings is 1. The number of anilines is 2. The minimum absolute atomic E-state index is 0.0544. The van der Waals surface area contributed by atoms with Crippen molar-refractivity contribution in [3.63, 3.8) is 0 Å². The first-order chi connectivity index (χ1) is 12.2. The lowest BCUT2D eigenvalue weighted by Crippen LogP contribution is -2.03. The molecule has 0 radical (unpaired) electrons. The summed E-state index contributed by atoms with van der Waals surface area (Å²) in [6.07, 6.45) is 4.13. The van der Waals surface area contributed by atoms with Crippen molar-refractivity contribution in [2.75, 3.05) is 10.6 Å². The van der Waals surface area contributed by atoms with Crippen LogP contribution in [0.3, 0.4) is 0 Å². The van der Waals surface area contributed by atoms with E-state index in [1.807, 2.05) is 24.5 Å². The van der Waals surface area contributed by atoms with Crippen molar-refractivity contribution in [1.82, 2.24) is 4.98 Å². The van der Waals surface area contributed by atoms with E-state index in [9.17, 15) is 4.79 Å². The smallest absolute Gasteiger partial charge is 0.228 e. The van der Waals surface area contributed by atoms with Crippen molar-refractivity contribution >= 4 is 17.3 Å². The van der Waals surface area contributed by atoms with Crippen LogP contribution >= 0.6 is 0 Å². The number of aryl methyl sites for hydroxylation is 1. The number of benzene rings is 2. The van der Waals surface area contributed by atoms with Crippen LogP contribution in [0.15, 0.2) is 60.9 Å². The number of hydrogen-bond donors (Lipinski definition) is 2. The molecule has 1 aliphatic rings. The largest absolute Gasteiger partial charge is 0.380 e. The Morgan fingerprint density at radius 2 is 1.88 bits per heavy atom. The zero-order valence-electron chi connectivity index (χ0n) is 14.0. The molecule has 4 nitrogen and oxygen atoms in total. The fraction of sp³-hybridized carbons (Fsp3) is 0.143. The number of carbonyl (C=O) groups is 1. The minimum Gasteiger partial charge on any atom is -0.380 e. The van der Waals surface area contributed by atoms with Crippen molar-refractivity contribution in [2.45, 2.75) is 19.9 Å². The highest BCUT2D eigenvalue weighted by Gasteiger charge is 2.17. The molecule has 1 amide bonds. The second-order valence-corrected chi connectivity index (χ2v) is 6.40. The molecule has 0 bridgehead atoms. The van der Waals surface area contributed by atoms with Gasteiger partial charge < -0.3 is 10.6 Å². The summed E-state index contributed by atoms with van der Waals surface area (Å²) in [5.74, 6) is 0.0544. The van der Waals surface area contributed by atoms with Crippen LogP contribution in [-0.2, 0) is 17.8 Å². The van der Waals surface area contributed by atoms with Crippen LogP contribution in [0.5, 0.6) is 0 Å². The van der Waals surface area contributed by atoms with Gasteiger partial charge in [0.05, 0.1) is 12.1 Å². The molecule has 4 heteroatoms. The molecule has 25 heavy (non-hydrogen) atoms. The summed E-state index contributed by atoms with van der Waals surface area (Å²) in [5, 5.41) is 6.28. The van der Waals surface area contributed by atoms with Gasteiger partial charge >= 0.3 is 0 Å². The van der Waals surface area contributed by atoms with Gasteiger partial charge in [-0.25, -0.2) is 0 Å². The van der Waals surface area contributed by atoms with Crippen LogP contribution in [0.4, 0.5) is 11.4 Å². The first-order valence-corrected chi connectivity index (χ1v) is 8.35. The van der Waals surface area contributed by atoms with E-state index >= 15 is 0 Å². The molecule has 0 saturated carbocycles. The van der Waals surface area contributed by atoms with E-state index < -0.39 is 0 Å². The zero-order valence-corrected chi connectivity index (χ0v) is 14.0. The Bertz CT molecular complexity index is 932. The first kappa shape index (κ1) is 15.4. The van der Waals surface area contributed by atoms with E-state index in [2.05, 4.69) is 58.9 Å². The summed E-state index contributed by atoms with van der Waals surface area (Å²) < 4.78 is 0. The summed E-state index contributed by atoms with van der Waals surface area (Å²) in [6, 6.07) is 16.6. The van der Waals surface area contributed by atoms with Gasteiger partial charge in [-0.3, -0.25) is 9.78 Å². The number of aromatic nitrogens is 1. The van der Waals surface area contributed by atoms with Gasteiger partial charge in [-0.15, -0.1) is 0 Å². The molecule has 2 N–H and O–H groups in total. The summed E-state index contributed by atoms with van der Waals surface area (Å²) in [7, 11) is 0. The number of nitrogens with zero attached hydrogens (tertiary/aromatic N) is 1. The van der Waals surface area contributed by atoms with Gasteiger partial charge in [0.2, 0.25) is 5.91 Å². The molecule has 124 valence electrons. The van der Waals surface area contributed by atoms with Gasteiger partial charge in [-0.05, 0) is 41.8 Å². The number of amides is 1. The molecule has 0 spiro atoms. The molecule has 0 atom stereocenters. The molecule has 1 aliphatic heterocycles. The predicted molar refractivity (Wildman–Crippen MR) is 101 cm³/mol. The number of rotatable bonds is 4. The van der Waals surface area contributed by atoms with Crippen LogP contribution in [0, 0.1) is 6.92 Å². The molecule has 0 fully saturated rings. The van der Waals surface area contributed by atoms with Gasteiger partial charge in [-0.2, -0.15) is 0 Å². The maximum atomic E-state index is 11.5. The molecule has 3 aromatic rings. The third kappa shape index (κ3) is 3.38. The SMILES string of the molecule is Cc1ccc(CNc2cncc(-c3ccc4c(c3)CC(=O)N4)c2)cc1. The Labute approximate surface area is 146 Å². The van der Waals surface area contributed by atoms with Crippen molar-refractivity contribution in [3.05, 3.63) is 77.6 Å². The monoisotopic (exact) mass is 329 g/mol. The van der Waals surface area contributed by atoms with Gasteiger partial charge in [0.25, 0.3) is 0 Å². The lowest BCUT2D eigenvalue weighted by atomic mass is 10.0. The molecule has 0 saturated heterocycles.